The van der Waals surface area contributed by atoms with Crippen molar-refractivity contribution in [2.24, 2.45) is 0 Å². The number of hydrogen-bond acceptors (Lipinski definition) is 12. The molecule has 1 aliphatic carbocycles. The second-order valence-electron chi connectivity index (χ2n) is 37.8. The smallest absolute Gasteiger partial charge is 0.160 e. The Morgan fingerprint density at radius 3 is 1.16 bits per heavy atom. The van der Waals surface area contributed by atoms with Crippen molar-refractivity contribution < 1.29 is 17.7 Å². The van der Waals surface area contributed by atoms with Crippen LogP contribution in [0.2, 0.25) is 0 Å². The van der Waals surface area contributed by atoms with Gasteiger partial charge in [0.25, 0.3) is 0 Å². The topological polar surface area (TPSA) is 156 Å². The maximum absolute atomic E-state index is 6.46. The van der Waals surface area contributed by atoms with Gasteiger partial charge < -0.3 is 17.7 Å². The van der Waals surface area contributed by atoms with Crippen LogP contribution in [0.5, 0.6) is 0 Å². The zero-order chi connectivity index (χ0) is 97.6. The van der Waals surface area contributed by atoms with Crippen LogP contribution in [0.25, 0.3) is 277 Å². The molecule has 20 aromatic carbocycles. The van der Waals surface area contributed by atoms with E-state index in [1.165, 1.54) is 44.2 Å². The van der Waals surface area contributed by atoms with Gasteiger partial charge in [-0.1, -0.05) is 372 Å². The van der Waals surface area contributed by atoms with E-state index in [4.69, 9.17) is 52.6 Å². The van der Waals surface area contributed by atoms with Crippen LogP contribution in [0.4, 0.5) is 0 Å². The molecule has 690 valence electrons. The van der Waals surface area contributed by atoms with Crippen molar-refractivity contribution in [1.29, 1.82) is 0 Å². The zero-order valence-corrected chi connectivity index (χ0v) is 79.9. The molecule has 0 fully saturated rings. The molecule has 0 spiro atoms. The van der Waals surface area contributed by atoms with Crippen LogP contribution in [-0.4, -0.2) is 39.9 Å². The van der Waals surface area contributed by atoms with Crippen LogP contribution in [0.1, 0.15) is 25.0 Å². The molecule has 0 saturated carbocycles. The summed E-state index contributed by atoms with van der Waals surface area (Å²) >= 11 is 0. The molecule has 0 bridgehead atoms. The number of aromatic nitrogens is 8. The third kappa shape index (κ3) is 15.7. The Bertz CT molecular complexity index is 10200. The molecule has 0 amide bonds. The fourth-order valence-corrected chi connectivity index (χ4v) is 21.3. The molecular formula is C135H86N8O4. The maximum Gasteiger partial charge on any atom is 0.160 e. The molecule has 0 unspecified atom stereocenters. The lowest BCUT2D eigenvalue weighted by molar-refractivity contribution is 0.661. The van der Waals surface area contributed by atoms with Gasteiger partial charge in [-0.2, -0.15) is 0 Å². The second kappa shape index (κ2) is 36.2. The summed E-state index contributed by atoms with van der Waals surface area (Å²) < 4.78 is 25.0. The third-order valence-electron chi connectivity index (χ3n) is 28.6. The second-order valence-corrected chi connectivity index (χ2v) is 37.8. The largest absolute Gasteiger partial charge is 0.456 e. The molecule has 30 rings (SSSR count). The van der Waals surface area contributed by atoms with Crippen LogP contribution in [-0.2, 0) is 5.41 Å². The van der Waals surface area contributed by atoms with Crippen molar-refractivity contribution >= 4 is 142 Å². The monoisotopic (exact) mass is 1880 g/mol. The third-order valence-corrected chi connectivity index (χ3v) is 28.6. The van der Waals surface area contributed by atoms with Crippen molar-refractivity contribution in [3.63, 3.8) is 0 Å². The lowest BCUT2D eigenvalue weighted by Gasteiger charge is -2.22. The number of benzene rings is 20. The molecule has 9 aromatic heterocycles. The molecule has 0 aliphatic heterocycles. The van der Waals surface area contributed by atoms with E-state index in [-0.39, 0.29) is 5.41 Å². The highest BCUT2D eigenvalue weighted by Crippen LogP contribution is 2.53. The number of para-hydroxylation sites is 9. The number of hydrogen-bond donors (Lipinski definition) is 0. The molecule has 9 heterocycles. The van der Waals surface area contributed by atoms with Crippen molar-refractivity contribution in [3.05, 3.63) is 497 Å². The van der Waals surface area contributed by atoms with Crippen LogP contribution in [0.15, 0.2) is 503 Å². The number of nitrogens with zero attached hydrogens (tertiary/aromatic N) is 8. The van der Waals surface area contributed by atoms with Gasteiger partial charge in [0.1, 0.15) is 50.4 Å². The molecule has 29 aromatic rings. The van der Waals surface area contributed by atoms with E-state index >= 15 is 0 Å². The van der Waals surface area contributed by atoms with E-state index in [1.807, 2.05) is 194 Å². The zero-order valence-electron chi connectivity index (χ0n) is 79.9. The van der Waals surface area contributed by atoms with Gasteiger partial charge in [-0.15, -0.1) is 0 Å². The highest BCUT2D eigenvalue weighted by atomic mass is 16.3. The summed E-state index contributed by atoms with van der Waals surface area (Å²) in [4.78, 5) is 40.4. The van der Waals surface area contributed by atoms with Crippen molar-refractivity contribution in [2.75, 3.05) is 0 Å². The van der Waals surface area contributed by atoms with Crippen LogP contribution >= 0.6 is 0 Å². The van der Waals surface area contributed by atoms with Gasteiger partial charge in [0.05, 0.1) is 67.3 Å². The Labute approximate surface area is 844 Å². The summed E-state index contributed by atoms with van der Waals surface area (Å²) in [5.41, 5.74) is 38.7. The van der Waals surface area contributed by atoms with Gasteiger partial charge in [-0.05, 0) is 182 Å². The van der Waals surface area contributed by atoms with Crippen molar-refractivity contribution in [3.8, 4) is 135 Å². The number of pyridine rings is 2. The first kappa shape index (κ1) is 86.5. The van der Waals surface area contributed by atoms with Gasteiger partial charge in [0, 0.05) is 116 Å². The molecule has 0 N–H and O–H groups in total. The Kier molecular flexibility index (Phi) is 21.3. The quantitative estimate of drug-likeness (QED) is 0.121. The summed E-state index contributed by atoms with van der Waals surface area (Å²) in [6, 6.07) is 165. The average Bonchev–Trinajstić information content (AvgIpc) is 1.56. The predicted octanol–water partition coefficient (Wildman–Crippen LogP) is 35.9. The van der Waals surface area contributed by atoms with Gasteiger partial charge in [-0.25, -0.2) is 34.9 Å². The molecule has 1 aliphatic rings. The molecule has 147 heavy (non-hydrogen) atoms. The highest BCUT2D eigenvalue weighted by Gasteiger charge is 2.37. The van der Waals surface area contributed by atoms with Gasteiger partial charge in [0.2, 0.25) is 0 Å². The normalized spacial score (nSPS) is 12.1. The van der Waals surface area contributed by atoms with E-state index < -0.39 is 0 Å². The number of rotatable bonds is 11. The summed E-state index contributed by atoms with van der Waals surface area (Å²) in [7, 11) is 0. The van der Waals surface area contributed by atoms with Crippen LogP contribution in [0, 0.1) is 0 Å². The lowest BCUT2D eigenvalue weighted by atomic mass is 9.81. The minimum absolute atomic E-state index is 0.145. The van der Waals surface area contributed by atoms with E-state index in [1.54, 1.807) is 0 Å². The first-order valence-electron chi connectivity index (χ1n) is 49.5. The minimum atomic E-state index is -0.145. The summed E-state index contributed by atoms with van der Waals surface area (Å²) in [6.45, 7) is 4.66. The Hall–Kier alpha value is -19.6. The number of fused-ring (bicyclic) bond motifs is 20. The first-order chi connectivity index (χ1) is 72.6. The van der Waals surface area contributed by atoms with E-state index in [9.17, 15) is 0 Å². The average molecular weight is 1880 g/mol. The summed E-state index contributed by atoms with van der Waals surface area (Å²) in [6.07, 6.45) is 1.82. The van der Waals surface area contributed by atoms with Gasteiger partial charge in [-0.3, -0.25) is 4.98 Å². The van der Waals surface area contributed by atoms with Gasteiger partial charge >= 0.3 is 0 Å². The van der Waals surface area contributed by atoms with Crippen molar-refractivity contribution in [1.82, 2.24) is 39.9 Å². The first-order valence-corrected chi connectivity index (χ1v) is 49.5. The molecular weight excluding hydrogens is 1800 g/mol. The van der Waals surface area contributed by atoms with E-state index in [2.05, 4.69) is 310 Å². The van der Waals surface area contributed by atoms with Crippen LogP contribution < -0.4 is 0 Å². The summed E-state index contributed by atoms with van der Waals surface area (Å²) in [5.74, 6) is 0.728. The van der Waals surface area contributed by atoms with Crippen LogP contribution in [0.3, 0.4) is 0 Å². The fraction of sp³-hybridized carbons (Fsp3) is 0.0222. The number of furan rings is 4. The summed E-state index contributed by atoms with van der Waals surface area (Å²) in [5, 5.41) is 13.6. The fourth-order valence-electron chi connectivity index (χ4n) is 21.3. The minimum Gasteiger partial charge on any atom is -0.456 e. The molecule has 0 radical (unpaired) electrons. The SMILES string of the molecule is CC1(C)c2cc(-c3nc4ccccc4nc3-c3cccc4c3oc3ccccc34)ccc2-c2cc3ccccc3cc21.c1ccc(-c2nc(-c3cccc4c3oc3ccccc34)cc3ncccc23)cc1.c1ccc(-c2nc(-c3ccccc3)c3ccc(-c4ccc(-c5ccc6oc7ccccc7c6c5)cc4)cc3n2)cc1.c1ccc(-c2nc3ccc(-c4cccc5c4oc4ccccc45)cc3nc2-c2ccccc2)cc1. The Balaban J connectivity index is 0.0000000978. The molecule has 12 heteroatoms. The lowest BCUT2D eigenvalue weighted by Crippen LogP contribution is -2.15. The van der Waals surface area contributed by atoms with E-state index in [0.29, 0.717) is 0 Å². The Morgan fingerprint density at radius 1 is 0.177 bits per heavy atom. The maximum atomic E-state index is 6.46. The molecule has 0 saturated heterocycles. The molecule has 0 atom stereocenters. The van der Waals surface area contributed by atoms with E-state index in [0.717, 1.165) is 244 Å². The Morgan fingerprint density at radius 2 is 0.571 bits per heavy atom. The predicted molar refractivity (Wildman–Crippen MR) is 602 cm³/mol. The molecule has 12 nitrogen and oxygen atoms in total. The van der Waals surface area contributed by atoms with Gasteiger partial charge in [0.15, 0.2) is 5.82 Å². The standard InChI is InChI=1S/C39H26N2O.C38H24N2O.C32H20N2O.C26H16N2O/c1-39(2)31-22-25(18-19-26(31)30-20-23-10-3-4-11-24(23)21-32(30)39)36-37(41-34-16-7-6-15-33(34)40-36)29-14-9-13-28-27-12-5-8-17-35(27)42-38(28)29;1-3-9-27(10-4-1)37-32-21-19-30(24-34(32)39-38(40-37)28-11-5-2-6-12-28)26-17-15-25(16-18-26)29-20-22-36-33(23-29)31-13-7-8-14-35(31)41-36;1-3-10-21(11-4-1)30-31(22-12-5-2-6-13-22)34-28-20-23(18-19-27(28)33-30)24-15-9-16-26-25-14-7-8-17-29(25)35-32(24)26;1-2-8-17(9-3-1)25-20-13-7-15-27-22(20)16-23(28-25)21-12-6-11-19-18-10-4-5-14-24(18)29-26(19)21/h3-22H,1-2H3;1-24H;1-20H;1-16H. The van der Waals surface area contributed by atoms with Crippen molar-refractivity contribution in [2.45, 2.75) is 19.3 Å². The highest BCUT2D eigenvalue weighted by molar-refractivity contribution is 6.14.